The number of hydrogen-bond donors (Lipinski definition) is 1. The molecule has 0 aliphatic heterocycles. The maximum absolute atomic E-state index is 11.2. The number of amides is 1. The Morgan fingerprint density at radius 2 is 2.05 bits per heavy atom. The van der Waals surface area contributed by atoms with Crippen molar-refractivity contribution >= 4 is 51.3 Å². The van der Waals surface area contributed by atoms with Gasteiger partial charge in [-0.2, -0.15) is 0 Å². The second-order valence-electron chi connectivity index (χ2n) is 4.93. The van der Waals surface area contributed by atoms with E-state index in [-0.39, 0.29) is 12.5 Å². The van der Waals surface area contributed by atoms with E-state index in [9.17, 15) is 4.79 Å². The second kappa shape index (κ2) is 6.31. The summed E-state index contributed by atoms with van der Waals surface area (Å²) in [6.45, 7) is 0.164. The van der Waals surface area contributed by atoms with Crippen LogP contribution in [0.1, 0.15) is 5.56 Å². The van der Waals surface area contributed by atoms with Crippen molar-refractivity contribution in [2.45, 2.75) is 6.54 Å². The number of aliphatic imine (C=N–C) groups is 1. The van der Waals surface area contributed by atoms with Crippen LogP contribution < -0.4 is 5.73 Å². The minimum atomic E-state index is -0.359. The number of nitrogens with zero attached hydrogens (tertiary/aromatic N) is 2. The van der Waals surface area contributed by atoms with Gasteiger partial charge in [-0.1, -0.05) is 24.3 Å². The van der Waals surface area contributed by atoms with Gasteiger partial charge in [0, 0.05) is 32.4 Å². The number of benzene rings is 2. The van der Waals surface area contributed by atoms with Crippen molar-refractivity contribution in [3.05, 3.63) is 63.9 Å². The molecule has 22 heavy (non-hydrogen) atoms. The van der Waals surface area contributed by atoms with Gasteiger partial charge in [-0.25, -0.2) is 0 Å². The average molecular weight is 403 g/mol. The highest BCUT2D eigenvalue weighted by Gasteiger charge is 2.08. The molecule has 2 aromatic carbocycles. The largest absolute Gasteiger partial charge is 0.368 e. The van der Waals surface area contributed by atoms with E-state index >= 15 is 0 Å². The van der Waals surface area contributed by atoms with Crippen LogP contribution in [0.2, 0.25) is 0 Å². The number of halogens is 1. The Labute approximate surface area is 141 Å². The van der Waals surface area contributed by atoms with Crippen LogP contribution in [0, 0.1) is 3.57 Å². The predicted octanol–water partition coefficient (Wildman–Crippen LogP) is 3.48. The number of fused-ring (bicyclic) bond motifs is 1. The van der Waals surface area contributed by atoms with Crippen LogP contribution in [-0.2, 0) is 11.3 Å². The molecule has 1 amide bonds. The third-order valence-electron chi connectivity index (χ3n) is 3.31. The quantitative estimate of drug-likeness (QED) is 0.526. The van der Waals surface area contributed by atoms with Crippen LogP contribution in [0.25, 0.3) is 10.9 Å². The van der Waals surface area contributed by atoms with Crippen molar-refractivity contribution in [2.75, 3.05) is 0 Å². The average Bonchev–Trinajstić information content (AvgIpc) is 2.83. The molecule has 0 unspecified atom stereocenters. The summed E-state index contributed by atoms with van der Waals surface area (Å²) in [7, 11) is 0. The first kappa shape index (κ1) is 14.8. The highest BCUT2D eigenvalue weighted by atomic mass is 127. The molecule has 0 fully saturated rings. The van der Waals surface area contributed by atoms with Crippen molar-refractivity contribution in [3.63, 3.8) is 0 Å². The molecule has 0 aliphatic rings. The van der Waals surface area contributed by atoms with Gasteiger partial charge >= 0.3 is 0 Å². The molecule has 110 valence electrons. The Morgan fingerprint density at radius 3 is 2.82 bits per heavy atom. The molecule has 0 atom stereocenters. The summed E-state index contributed by atoms with van der Waals surface area (Å²) in [6, 6.07) is 15.9. The van der Waals surface area contributed by atoms with Crippen LogP contribution >= 0.6 is 22.6 Å². The smallest absolute Gasteiger partial charge is 0.237 e. The van der Waals surface area contributed by atoms with Crippen molar-refractivity contribution in [3.8, 4) is 0 Å². The first-order valence-corrected chi connectivity index (χ1v) is 7.87. The van der Waals surface area contributed by atoms with E-state index < -0.39 is 0 Å². The standard InChI is InChI=1S/C17H14IN3O/c18-13-4-3-5-14(8-13)20-9-12-10-21(11-17(19)22)16-7-2-1-6-15(12)16/h1-10H,11H2,(H2,19,22). The molecular formula is C17H14IN3O. The van der Waals surface area contributed by atoms with Crippen LogP contribution in [0.5, 0.6) is 0 Å². The van der Waals surface area contributed by atoms with Gasteiger partial charge in [-0.15, -0.1) is 0 Å². The number of aromatic nitrogens is 1. The minimum Gasteiger partial charge on any atom is -0.368 e. The molecule has 2 N–H and O–H groups in total. The fraction of sp³-hybridized carbons (Fsp3) is 0.0588. The molecule has 0 radical (unpaired) electrons. The zero-order valence-electron chi connectivity index (χ0n) is 11.7. The maximum atomic E-state index is 11.2. The summed E-state index contributed by atoms with van der Waals surface area (Å²) in [4.78, 5) is 15.7. The summed E-state index contributed by atoms with van der Waals surface area (Å²) in [5.74, 6) is -0.359. The third-order valence-corrected chi connectivity index (χ3v) is 3.98. The highest BCUT2D eigenvalue weighted by molar-refractivity contribution is 14.1. The van der Waals surface area contributed by atoms with Crippen LogP contribution in [-0.4, -0.2) is 16.7 Å². The third kappa shape index (κ3) is 3.19. The number of hydrogen-bond acceptors (Lipinski definition) is 2. The highest BCUT2D eigenvalue weighted by Crippen LogP contribution is 2.21. The Balaban J connectivity index is 2.02. The maximum Gasteiger partial charge on any atom is 0.237 e. The molecule has 0 aliphatic carbocycles. The summed E-state index contributed by atoms with van der Waals surface area (Å²) in [6.07, 6.45) is 3.73. The van der Waals surface area contributed by atoms with E-state index in [2.05, 4.69) is 27.6 Å². The number of rotatable bonds is 4. The Bertz CT molecular complexity index is 867. The second-order valence-corrected chi connectivity index (χ2v) is 6.18. The summed E-state index contributed by atoms with van der Waals surface area (Å²) < 4.78 is 3.00. The first-order chi connectivity index (χ1) is 10.6. The minimum absolute atomic E-state index is 0.164. The van der Waals surface area contributed by atoms with Crippen LogP contribution in [0.15, 0.2) is 59.7 Å². The number of para-hydroxylation sites is 1. The Morgan fingerprint density at radius 1 is 1.23 bits per heavy atom. The van der Waals surface area contributed by atoms with Gasteiger partial charge in [0.2, 0.25) is 5.91 Å². The lowest BCUT2D eigenvalue weighted by atomic mass is 10.2. The summed E-state index contributed by atoms with van der Waals surface area (Å²) >= 11 is 2.26. The van der Waals surface area contributed by atoms with Gasteiger partial charge < -0.3 is 10.3 Å². The summed E-state index contributed by atoms with van der Waals surface area (Å²) in [5.41, 5.74) is 8.16. The number of primary amides is 1. The fourth-order valence-corrected chi connectivity index (χ4v) is 2.90. The van der Waals surface area contributed by atoms with E-state index in [0.717, 1.165) is 25.7 Å². The van der Waals surface area contributed by atoms with Crippen molar-refractivity contribution in [1.82, 2.24) is 4.57 Å². The van der Waals surface area contributed by atoms with Crippen molar-refractivity contribution in [1.29, 1.82) is 0 Å². The zero-order valence-corrected chi connectivity index (χ0v) is 13.9. The molecule has 1 aromatic heterocycles. The molecule has 5 heteroatoms. The molecular weight excluding hydrogens is 389 g/mol. The van der Waals surface area contributed by atoms with Gasteiger partial charge in [0.05, 0.1) is 5.69 Å². The van der Waals surface area contributed by atoms with Gasteiger partial charge in [-0.3, -0.25) is 9.79 Å². The van der Waals surface area contributed by atoms with E-state index in [1.54, 1.807) is 0 Å². The number of nitrogens with two attached hydrogens (primary N) is 1. The van der Waals surface area contributed by atoms with Crippen LogP contribution in [0.3, 0.4) is 0 Å². The molecule has 3 rings (SSSR count). The summed E-state index contributed by atoms with van der Waals surface area (Å²) in [5, 5.41) is 1.05. The lowest BCUT2D eigenvalue weighted by Gasteiger charge is -2.00. The van der Waals surface area contributed by atoms with Crippen molar-refractivity contribution in [2.24, 2.45) is 10.7 Å². The van der Waals surface area contributed by atoms with Gasteiger partial charge in [0.15, 0.2) is 0 Å². The molecule has 0 saturated carbocycles. The normalized spacial score (nSPS) is 11.3. The zero-order chi connectivity index (χ0) is 15.5. The SMILES string of the molecule is NC(=O)Cn1cc(C=Nc2cccc(I)c2)c2ccccc21. The lowest BCUT2D eigenvalue weighted by Crippen LogP contribution is -2.17. The monoisotopic (exact) mass is 403 g/mol. The van der Waals surface area contributed by atoms with Gasteiger partial charge in [0.25, 0.3) is 0 Å². The molecule has 1 heterocycles. The van der Waals surface area contributed by atoms with Crippen LogP contribution in [0.4, 0.5) is 5.69 Å². The molecule has 4 nitrogen and oxygen atoms in total. The van der Waals surface area contributed by atoms with Gasteiger partial charge in [0.1, 0.15) is 6.54 Å². The molecule has 3 aromatic rings. The first-order valence-electron chi connectivity index (χ1n) is 6.79. The lowest BCUT2D eigenvalue weighted by molar-refractivity contribution is -0.118. The Hall–Kier alpha value is -2.15. The van der Waals surface area contributed by atoms with Gasteiger partial charge in [-0.05, 0) is 46.9 Å². The van der Waals surface area contributed by atoms with E-state index in [0.29, 0.717) is 0 Å². The van der Waals surface area contributed by atoms with E-state index in [1.165, 1.54) is 0 Å². The molecule has 0 saturated heterocycles. The fourth-order valence-electron chi connectivity index (χ4n) is 2.38. The molecule has 0 bridgehead atoms. The Kier molecular flexibility index (Phi) is 4.24. The predicted molar refractivity (Wildman–Crippen MR) is 97.5 cm³/mol. The van der Waals surface area contributed by atoms with Crippen molar-refractivity contribution < 1.29 is 4.79 Å². The number of carbonyl (C=O) groups excluding carboxylic acids is 1. The number of carbonyl (C=O) groups is 1. The van der Waals surface area contributed by atoms with E-state index in [4.69, 9.17) is 5.73 Å². The van der Waals surface area contributed by atoms with E-state index in [1.807, 2.05) is 65.5 Å². The molecule has 0 spiro atoms. The topological polar surface area (TPSA) is 60.4 Å².